The Kier molecular flexibility index (Phi) is 4.47. The van der Waals surface area contributed by atoms with E-state index < -0.39 is 0 Å². The summed E-state index contributed by atoms with van der Waals surface area (Å²) in [6.45, 7) is 12.1. The molecule has 0 bridgehead atoms. The zero-order valence-corrected chi connectivity index (χ0v) is 10.7. The summed E-state index contributed by atoms with van der Waals surface area (Å²) in [5, 5.41) is 0. The fourth-order valence-corrected chi connectivity index (χ4v) is 3.45. The third-order valence-electron chi connectivity index (χ3n) is 4.30. The van der Waals surface area contributed by atoms with Crippen LogP contribution in [-0.2, 0) is 0 Å². The van der Waals surface area contributed by atoms with Crippen LogP contribution in [0.1, 0.15) is 60.3 Å². The van der Waals surface area contributed by atoms with E-state index in [1.165, 1.54) is 25.7 Å². The summed E-state index contributed by atoms with van der Waals surface area (Å²) in [5.74, 6) is 4.82. The lowest BCUT2D eigenvalue weighted by atomic mass is 9.64. The van der Waals surface area contributed by atoms with E-state index in [1.807, 2.05) is 0 Å². The molecule has 1 aliphatic carbocycles. The van der Waals surface area contributed by atoms with Gasteiger partial charge in [0, 0.05) is 0 Å². The minimum absolute atomic E-state index is 0.877. The van der Waals surface area contributed by atoms with Crippen molar-refractivity contribution in [3.8, 4) is 0 Å². The quantitative estimate of drug-likeness (QED) is 0.611. The minimum Gasteiger partial charge on any atom is -0.0651 e. The topological polar surface area (TPSA) is 0 Å². The monoisotopic (exact) mass is 196 g/mol. The van der Waals surface area contributed by atoms with Crippen molar-refractivity contribution in [2.45, 2.75) is 60.3 Å². The smallest absolute Gasteiger partial charge is 0.0355 e. The van der Waals surface area contributed by atoms with Crippen LogP contribution in [-0.4, -0.2) is 0 Å². The molecule has 0 amide bonds. The Morgan fingerprint density at radius 3 is 1.93 bits per heavy atom. The van der Waals surface area contributed by atoms with Crippen molar-refractivity contribution >= 4 is 0 Å². The summed E-state index contributed by atoms with van der Waals surface area (Å²) in [6, 6.07) is 0. The summed E-state index contributed by atoms with van der Waals surface area (Å²) in [5.41, 5.74) is 0. The van der Waals surface area contributed by atoms with Gasteiger partial charge in [-0.3, -0.25) is 0 Å². The van der Waals surface area contributed by atoms with E-state index in [2.05, 4.69) is 34.6 Å². The molecule has 0 nitrogen and oxygen atoms in total. The van der Waals surface area contributed by atoms with Crippen LogP contribution in [0, 0.1) is 29.6 Å². The summed E-state index contributed by atoms with van der Waals surface area (Å²) in [6.07, 6.45) is 5.77. The van der Waals surface area contributed by atoms with Gasteiger partial charge in [-0.25, -0.2) is 0 Å². The van der Waals surface area contributed by atoms with Gasteiger partial charge in [-0.2, -0.15) is 0 Å². The van der Waals surface area contributed by atoms with Crippen LogP contribution in [0.2, 0.25) is 0 Å². The fourth-order valence-electron chi connectivity index (χ4n) is 3.45. The Labute approximate surface area is 90.5 Å². The third-order valence-corrected chi connectivity index (χ3v) is 4.30. The van der Waals surface area contributed by atoms with Crippen molar-refractivity contribution in [3.05, 3.63) is 0 Å². The van der Waals surface area contributed by atoms with Gasteiger partial charge in [-0.05, 0) is 36.0 Å². The second-order valence-electron chi connectivity index (χ2n) is 5.90. The Morgan fingerprint density at radius 1 is 1.00 bits per heavy atom. The molecule has 0 aromatic heterocycles. The van der Waals surface area contributed by atoms with E-state index >= 15 is 0 Å². The SMILES string of the molecule is CCC1C(C)CCC(C)C1CC(C)C. The molecule has 0 radical (unpaired) electrons. The average molecular weight is 196 g/mol. The molecule has 0 saturated heterocycles. The van der Waals surface area contributed by atoms with Crippen LogP contribution in [0.3, 0.4) is 0 Å². The van der Waals surface area contributed by atoms with E-state index in [0.29, 0.717) is 0 Å². The molecule has 1 rings (SSSR count). The summed E-state index contributed by atoms with van der Waals surface area (Å²) >= 11 is 0. The highest BCUT2D eigenvalue weighted by Gasteiger charge is 2.33. The molecule has 0 N–H and O–H groups in total. The average Bonchev–Trinajstić information content (AvgIpc) is 2.11. The first-order chi connectivity index (χ1) is 6.56. The van der Waals surface area contributed by atoms with Gasteiger partial charge in [-0.1, -0.05) is 53.9 Å². The summed E-state index contributed by atoms with van der Waals surface area (Å²) in [4.78, 5) is 0. The van der Waals surface area contributed by atoms with Gasteiger partial charge in [0.2, 0.25) is 0 Å². The lowest BCUT2D eigenvalue weighted by Crippen LogP contribution is -2.32. The van der Waals surface area contributed by atoms with E-state index in [9.17, 15) is 0 Å². The molecule has 4 atom stereocenters. The molecule has 0 heteroatoms. The molecule has 1 aliphatic rings. The molecule has 0 heterocycles. The number of hydrogen-bond donors (Lipinski definition) is 0. The Bertz CT molecular complexity index is 159. The predicted molar refractivity (Wildman–Crippen MR) is 64.3 cm³/mol. The number of hydrogen-bond acceptors (Lipinski definition) is 0. The van der Waals surface area contributed by atoms with E-state index in [1.54, 1.807) is 0 Å². The molecule has 84 valence electrons. The van der Waals surface area contributed by atoms with Crippen LogP contribution in [0.25, 0.3) is 0 Å². The second kappa shape index (κ2) is 5.19. The van der Waals surface area contributed by atoms with Gasteiger partial charge in [-0.15, -0.1) is 0 Å². The molecular formula is C14H28. The highest BCUT2D eigenvalue weighted by atomic mass is 14.4. The van der Waals surface area contributed by atoms with Gasteiger partial charge in [0.15, 0.2) is 0 Å². The first-order valence-electron chi connectivity index (χ1n) is 6.56. The summed E-state index contributed by atoms with van der Waals surface area (Å²) < 4.78 is 0. The van der Waals surface area contributed by atoms with Crippen molar-refractivity contribution in [2.24, 2.45) is 29.6 Å². The first-order valence-corrected chi connectivity index (χ1v) is 6.56. The Morgan fingerprint density at radius 2 is 1.50 bits per heavy atom. The van der Waals surface area contributed by atoms with Gasteiger partial charge >= 0.3 is 0 Å². The molecular weight excluding hydrogens is 168 g/mol. The maximum atomic E-state index is 2.47. The predicted octanol–water partition coefficient (Wildman–Crippen LogP) is 4.74. The fraction of sp³-hybridized carbons (Fsp3) is 1.00. The molecule has 0 spiro atoms. The van der Waals surface area contributed by atoms with Crippen molar-refractivity contribution in [1.29, 1.82) is 0 Å². The van der Waals surface area contributed by atoms with Crippen molar-refractivity contribution in [2.75, 3.05) is 0 Å². The van der Waals surface area contributed by atoms with Crippen LogP contribution >= 0.6 is 0 Å². The normalized spacial score (nSPS) is 39.0. The molecule has 0 aromatic rings. The van der Waals surface area contributed by atoms with Crippen LogP contribution in [0.4, 0.5) is 0 Å². The zero-order valence-electron chi connectivity index (χ0n) is 10.7. The van der Waals surface area contributed by atoms with E-state index in [0.717, 1.165) is 29.6 Å². The zero-order chi connectivity index (χ0) is 10.7. The number of rotatable bonds is 3. The summed E-state index contributed by atoms with van der Waals surface area (Å²) in [7, 11) is 0. The van der Waals surface area contributed by atoms with Crippen molar-refractivity contribution in [1.82, 2.24) is 0 Å². The van der Waals surface area contributed by atoms with Crippen molar-refractivity contribution in [3.63, 3.8) is 0 Å². The highest BCUT2D eigenvalue weighted by molar-refractivity contribution is 4.83. The largest absolute Gasteiger partial charge is 0.0651 e. The maximum Gasteiger partial charge on any atom is -0.0355 e. The molecule has 4 unspecified atom stereocenters. The van der Waals surface area contributed by atoms with Gasteiger partial charge < -0.3 is 0 Å². The molecule has 14 heavy (non-hydrogen) atoms. The highest BCUT2D eigenvalue weighted by Crippen LogP contribution is 2.43. The maximum absolute atomic E-state index is 2.47. The second-order valence-corrected chi connectivity index (χ2v) is 5.90. The van der Waals surface area contributed by atoms with E-state index in [-0.39, 0.29) is 0 Å². The Balaban J connectivity index is 2.63. The van der Waals surface area contributed by atoms with Gasteiger partial charge in [0.1, 0.15) is 0 Å². The van der Waals surface area contributed by atoms with Gasteiger partial charge in [0.05, 0.1) is 0 Å². The molecule has 0 aromatic carbocycles. The van der Waals surface area contributed by atoms with E-state index in [4.69, 9.17) is 0 Å². The standard InChI is InChI=1S/C14H28/c1-6-13-11(4)7-8-12(5)14(13)9-10(2)3/h10-14H,6-9H2,1-5H3. The van der Waals surface area contributed by atoms with Crippen molar-refractivity contribution < 1.29 is 0 Å². The molecule has 1 fully saturated rings. The lowest BCUT2D eigenvalue weighted by Gasteiger charge is -2.41. The lowest BCUT2D eigenvalue weighted by molar-refractivity contribution is 0.0866. The third kappa shape index (κ3) is 2.74. The minimum atomic E-state index is 0.877. The first kappa shape index (κ1) is 12.1. The van der Waals surface area contributed by atoms with Crippen LogP contribution < -0.4 is 0 Å². The van der Waals surface area contributed by atoms with Crippen LogP contribution in [0.5, 0.6) is 0 Å². The van der Waals surface area contributed by atoms with Gasteiger partial charge in [0.25, 0.3) is 0 Å². The Hall–Kier alpha value is 0. The molecule has 0 aliphatic heterocycles. The van der Waals surface area contributed by atoms with Crippen LogP contribution in [0.15, 0.2) is 0 Å². The molecule has 1 saturated carbocycles.